The molecule has 1 aliphatic heterocycles. The summed E-state index contributed by atoms with van der Waals surface area (Å²) in [5.41, 5.74) is 0.915. The van der Waals surface area contributed by atoms with E-state index in [1.165, 1.54) is 11.3 Å². The molecule has 5 aromatic rings. The van der Waals surface area contributed by atoms with E-state index in [4.69, 9.17) is 16.3 Å². The standard InChI is InChI=1S/C29H20ClN3O3S2/c30-21-6-1-2-8-25(21)38-26-23(34)16-29(33-28(26)35,19-11-14-37-17-19)27-24(7-4-13-32-27)36-20-9-10-22-18(15-20)5-3-12-31-22/h1-15,17,26H,16H2,(H,33,35). The molecule has 9 heteroatoms. The molecule has 2 atom stereocenters. The molecule has 3 aromatic heterocycles. The molecular formula is C29H20ClN3O3S2. The number of rotatable bonds is 6. The lowest BCUT2D eigenvalue weighted by atomic mass is 9.79. The summed E-state index contributed by atoms with van der Waals surface area (Å²) in [5.74, 6) is 0.442. The van der Waals surface area contributed by atoms with Crippen LogP contribution in [0.1, 0.15) is 17.7 Å². The fourth-order valence-corrected chi connectivity index (χ4v) is 6.58. The van der Waals surface area contributed by atoms with E-state index in [1.54, 1.807) is 36.7 Å². The Labute approximate surface area is 232 Å². The van der Waals surface area contributed by atoms with Crippen LogP contribution < -0.4 is 10.1 Å². The highest BCUT2D eigenvalue weighted by molar-refractivity contribution is 8.01. The highest BCUT2D eigenvalue weighted by atomic mass is 35.5. The summed E-state index contributed by atoms with van der Waals surface area (Å²) in [7, 11) is 0. The Morgan fingerprint density at radius 3 is 2.66 bits per heavy atom. The summed E-state index contributed by atoms with van der Waals surface area (Å²) >= 11 is 8.96. The molecule has 38 heavy (non-hydrogen) atoms. The monoisotopic (exact) mass is 557 g/mol. The minimum absolute atomic E-state index is 0.0204. The van der Waals surface area contributed by atoms with Crippen molar-refractivity contribution in [1.29, 1.82) is 0 Å². The van der Waals surface area contributed by atoms with Crippen LogP contribution in [-0.2, 0) is 15.1 Å². The molecule has 6 nitrogen and oxygen atoms in total. The topological polar surface area (TPSA) is 81.2 Å². The minimum Gasteiger partial charge on any atom is -0.455 e. The van der Waals surface area contributed by atoms with Crippen LogP contribution in [0.25, 0.3) is 10.9 Å². The number of halogens is 1. The van der Waals surface area contributed by atoms with E-state index in [-0.39, 0.29) is 12.2 Å². The number of thioether (sulfide) groups is 1. The van der Waals surface area contributed by atoms with Crippen molar-refractivity contribution in [2.45, 2.75) is 22.1 Å². The van der Waals surface area contributed by atoms with Crippen LogP contribution in [0, 0.1) is 0 Å². The van der Waals surface area contributed by atoms with E-state index in [1.807, 2.05) is 59.3 Å². The van der Waals surface area contributed by atoms with Crippen LogP contribution in [-0.4, -0.2) is 26.9 Å². The number of fused-ring (bicyclic) bond motifs is 1. The van der Waals surface area contributed by atoms with Gasteiger partial charge in [0.1, 0.15) is 22.2 Å². The van der Waals surface area contributed by atoms with Crippen molar-refractivity contribution >= 4 is 57.3 Å². The number of pyridine rings is 2. The Balaban J connectivity index is 1.38. The number of hydrogen-bond donors (Lipinski definition) is 1. The lowest BCUT2D eigenvalue weighted by Gasteiger charge is -2.39. The van der Waals surface area contributed by atoms with Gasteiger partial charge < -0.3 is 10.1 Å². The number of carbonyl (C=O) groups is 2. The van der Waals surface area contributed by atoms with Crippen LogP contribution in [0.15, 0.2) is 101 Å². The largest absolute Gasteiger partial charge is 0.455 e. The third kappa shape index (κ3) is 4.55. The number of nitrogens with zero attached hydrogens (tertiary/aromatic N) is 2. The summed E-state index contributed by atoms with van der Waals surface area (Å²) in [6, 6.07) is 22.1. The van der Waals surface area contributed by atoms with E-state index >= 15 is 0 Å². The summed E-state index contributed by atoms with van der Waals surface area (Å²) in [6.07, 6.45) is 3.40. The molecule has 1 fully saturated rings. The van der Waals surface area contributed by atoms with Crippen molar-refractivity contribution in [2.75, 3.05) is 0 Å². The zero-order valence-corrected chi connectivity index (χ0v) is 22.2. The molecule has 0 saturated carbocycles. The number of amides is 1. The second-order valence-electron chi connectivity index (χ2n) is 8.79. The fourth-order valence-electron chi connectivity index (χ4n) is 4.61. The molecule has 1 saturated heterocycles. The first-order valence-corrected chi connectivity index (χ1v) is 14.0. The van der Waals surface area contributed by atoms with E-state index in [0.29, 0.717) is 27.1 Å². The second-order valence-corrected chi connectivity index (χ2v) is 11.1. The van der Waals surface area contributed by atoms with E-state index in [0.717, 1.165) is 28.2 Å². The molecule has 1 aliphatic rings. The predicted octanol–water partition coefficient (Wildman–Crippen LogP) is 6.63. The molecule has 4 heterocycles. The van der Waals surface area contributed by atoms with Crippen molar-refractivity contribution in [3.63, 3.8) is 0 Å². The number of aromatic nitrogens is 2. The molecule has 188 valence electrons. The number of thiophene rings is 1. The smallest absolute Gasteiger partial charge is 0.242 e. The molecular weight excluding hydrogens is 538 g/mol. The first-order valence-electron chi connectivity index (χ1n) is 11.8. The van der Waals surface area contributed by atoms with Gasteiger partial charge in [-0.15, -0.1) is 11.8 Å². The Kier molecular flexibility index (Phi) is 6.61. The third-order valence-electron chi connectivity index (χ3n) is 6.38. The average molecular weight is 558 g/mol. The molecule has 0 bridgehead atoms. The summed E-state index contributed by atoms with van der Waals surface area (Å²) < 4.78 is 6.33. The zero-order valence-electron chi connectivity index (χ0n) is 19.8. The molecule has 2 aromatic carbocycles. The summed E-state index contributed by atoms with van der Waals surface area (Å²) in [5, 5.41) is 7.50. The first kappa shape index (κ1) is 24.6. The maximum Gasteiger partial charge on any atom is 0.242 e. The molecule has 0 radical (unpaired) electrons. The molecule has 1 N–H and O–H groups in total. The number of hydrogen-bond acceptors (Lipinski definition) is 7. The van der Waals surface area contributed by atoms with Crippen molar-refractivity contribution in [1.82, 2.24) is 15.3 Å². The van der Waals surface area contributed by atoms with Crippen molar-refractivity contribution in [3.8, 4) is 11.5 Å². The number of carbonyl (C=O) groups excluding carboxylic acids is 2. The van der Waals surface area contributed by atoms with Gasteiger partial charge in [0, 0.05) is 29.1 Å². The van der Waals surface area contributed by atoms with Gasteiger partial charge in [0.05, 0.1) is 10.5 Å². The van der Waals surface area contributed by atoms with Crippen LogP contribution in [0.2, 0.25) is 5.02 Å². The Morgan fingerprint density at radius 1 is 1.00 bits per heavy atom. The van der Waals surface area contributed by atoms with E-state index in [9.17, 15) is 9.59 Å². The lowest BCUT2D eigenvalue weighted by molar-refractivity contribution is -0.133. The zero-order chi connectivity index (χ0) is 26.1. The third-order valence-corrected chi connectivity index (χ3v) is 8.83. The van der Waals surface area contributed by atoms with Crippen LogP contribution in [0.3, 0.4) is 0 Å². The number of ether oxygens (including phenoxy) is 1. The number of nitrogens with one attached hydrogen (secondary N) is 1. The molecule has 0 spiro atoms. The lowest BCUT2D eigenvalue weighted by Crippen LogP contribution is -2.58. The number of Topliss-reactive ketones (excluding diaryl/α,β-unsaturated/α-hetero) is 1. The van der Waals surface area contributed by atoms with Gasteiger partial charge in [-0.05, 0) is 70.9 Å². The van der Waals surface area contributed by atoms with Crippen LogP contribution >= 0.6 is 34.7 Å². The van der Waals surface area contributed by atoms with Gasteiger partial charge in [0.25, 0.3) is 0 Å². The molecule has 2 unspecified atom stereocenters. The van der Waals surface area contributed by atoms with Gasteiger partial charge in [0.15, 0.2) is 11.5 Å². The van der Waals surface area contributed by atoms with Gasteiger partial charge >= 0.3 is 0 Å². The summed E-state index contributed by atoms with van der Waals surface area (Å²) in [6.45, 7) is 0. The highest BCUT2D eigenvalue weighted by Gasteiger charge is 2.50. The van der Waals surface area contributed by atoms with Crippen molar-refractivity contribution in [2.24, 2.45) is 0 Å². The van der Waals surface area contributed by atoms with E-state index < -0.39 is 16.7 Å². The van der Waals surface area contributed by atoms with Gasteiger partial charge in [-0.3, -0.25) is 19.6 Å². The SMILES string of the molecule is O=C1CC(c2ccsc2)(c2ncccc2Oc2ccc3ncccc3c2)NC(=O)C1Sc1ccccc1Cl. The van der Waals surface area contributed by atoms with E-state index in [2.05, 4.69) is 15.3 Å². The van der Waals surface area contributed by atoms with Gasteiger partial charge in [-0.2, -0.15) is 11.3 Å². The minimum atomic E-state index is -1.18. The van der Waals surface area contributed by atoms with Crippen molar-refractivity contribution < 1.29 is 14.3 Å². The Hall–Kier alpha value is -3.72. The highest BCUT2D eigenvalue weighted by Crippen LogP contribution is 2.44. The predicted molar refractivity (Wildman–Crippen MR) is 150 cm³/mol. The second kappa shape index (κ2) is 10.2. The number of piperidine rings is 1. The fraction of sp³-hybridized carbons (Fsp3) is 0.103. The van der Waals surface area contributed by atoms with Crippen molar-refractivity contribution in [3.05, 3.63) is 112 Å². The first-order chi connectivity index (χ1) is 18.5. The van der Waals surface area contributed by atoms with Crippen LogP contribution in [0.4, 0.5) is 0 Å². The Morgan fingerprint density at radius 2 is 1.84 bits per heavy atom. The number of benzene rings is 2. The average Bonchev–Trinajstić information content (AvgIpc) is 3.48. The molecule has 1 amide bonds. The van der Waals surface area contributed by atoms with Gasteiger partial charge in [0.2, 0.25) is 5.91 Å². The molecule has 6 rings (SSSR count). The Bertz CT molecular complexity index is 1640. The van der Waals surface area contributed by atoms with Gasteiger partial charge in [-0.25, -0.2) is 0 Å². The maximum atomic E-state index is 13.6. The maximum absolute atomic E-state index is 13.6. The molecule has 0 aliphatic carbocycles. The van der Waals surface area contributed by atoms with Gasteiger partial charge in [-0.1, -0.05) is 29.8 Å². The van der Waals surface area contributed by atoms with Crippen LogP contribution in [0.5, 0.6) is 11.5 Å². The quantitative estimate of drug-likeness (QED) is 0.236. The normalized spacial score (nSPS) is 19.3. The summed E-state index contributed by atoms with van der Waals surface area (Å²) in [4.78, 5) is 36.9. The number of ketones is 1.